The number of hydrogen-bond acceptors (Lipinski definition) is 5. The van der Waals surface area contributed by atoms with Crippen molar-refractivity contribution in [1.82, 2.24) is 9.88 Å². The zero-order chi connectivity index (χ0) is 17.4. The summed E-state index contributed by atoms with van der Waals surface area (Å²) in [4.78, 5) is 42.0. The van der Waals surface area contributed by atoms with Crippen molar-refractivity contribution in [3.63, 3.8) is 0 Å². The van der Waals surface area contributed by atoms with Gasteiger partial charge >= 0.3 is 5.97 Å². The fraction of sp³-hybridized carbons (Fsp3) is 0.368. The maximum atomic E-state index is 12.5. The van der Waals surface area contributed by atoms with Gasteiger partial charge in [0.05, 0.1) is 11.1 Å². The average molecular weight is 338 g/mol. The molecule has 0 unspecified atom stereocenters. The zero-order valence-corrected chi connectivity index (χ0v) is 13.7. The van der Waals surface area contributed by atoms with E-state index in [4.69, 9.17) is 4.74 Å². The Morgan fingerprint density at radius 3 is 2.76 bits per heavy atom. The number of fused-ring (bicyclic) bond motifs is 1. The molecule has 1 saturated carbocycles. The number of ether oxygens (including phenoxy) is 1. The SMILES string of the molecule is O=C(OCC(=O)N1CCCC1=O)c1cc(C2CC2)nc2ccccc12. The third-order valence-corrected chi connectivity index (χ3v) is 4.65. The van der Waals surface area contributed by atoms with E-state index in [0.29, 0.717) is 36.3 Å². The van der Waals surface area contributed by atoms with E-state index >= 15 is 0 Å². The average Bonchev–Trinajstić information content (AvgIpc) is 3.39. The lowest BCUT2D eigenvalue weighted by atomic mass is 10.1. The molecule has 2 fully saturated rings. The molecule has 6 heteroatoms. The van der Waals surface area contributed by atoms with Gasteiger partial charge in [0, 0.05) is 30.0 Å². The Morgan fingerprint density at radius 1 is 1.24 bits per heavy atom. The molecule has 2 aromatic rings. The predicted octanol–water partition coefficient (Wildman–Crippen LogP) is 2.42. The summed E-state index contributed by atoms with van der Waals surface area (Å²) in [7, 11) is 0. The lowest BCUT2D eigenvalue weighted by Gasteiger charge is -2.14. The molecule has 0 bridgehead atoms. The monoisotopic (exact) mass is 338 g/mol. The van der Waals surface area contributed by atoms with Crippen LogP contribution in [0.4, 0.5) is 0 Å². The molecule has 0 spiro atoms. The number of aromatic nitrogens is 1. The van der Waals surface area contributed by atoms with Crippen LogP contribution in [0.3, 0.4) is 0 Å². The molecule has 1 aliphatic carbocycles. The number of carbonyl (C=O) groups is 3. The lowest BCUT2D eigenvalue weighted by molar-refractivity contribution is -0.143. The highest BCUT2D eigenvalue weighted by Crippen LogP contribution is 2.40. The van der Waals surface area contributed by atoms with Gasteiger partial charge in [0.1, 0.15) is 0 Å². The summed E-state index contributed by atoms with van der Waals surface area (Å²) in [5.74, 6) is -0.816. The molecule has 1 aromatic carbocycles. The smallest absolute Gasteiger partial charge is 0.339 e. The van der Waals surface area contributed by atoms with Gasteiger partial charge in [-0.05, 0) is 31.4 Å². The summed E-state index contributed by atoms with van der Waals surface area (Å²) >= 11 is 0. The Bertz CT molecular complexity index is 873. The van der Waals surface area contributed by atoms with E-state index in [1.807, 2.05) is 24.3 Å². The second-order valence-electron chi connectivity index (χ2n) is 6.50. The van der Waals surface area contributed by atoms with Crippen LogP contribution in [-0.4, -0.2) is 40.8 Å². The number of imide groups is 1. The first-order chi connectivity index (χ1) is 12.1. The van der Waals surface area contributed by atoms with Gasteiger partial charge in [-0.15, -0.1) is 0 Å². The van der Waals surface area contributed by atoms with Gasteiger partial charge in [-0.25, -0.2) is 4.79 Å². The number of benzene rings is 1. The third-order valence-electron chi connectivity index (χ3n) is 4.65. The molecule has 2 aliphatic rings. The zero-order valence-electron chi connectivity index (χ0n) is 13.7. The molecule has 0 N–H and O–H groups in total. The van der Waals surface area contributed by atoms with E-state index in [1.165, 1.54) is 0 Å². The predicted molar refractivity (Wildman–Crippen MR) is 90.0 cm³/mol. The van der Waals surface area contributed by atoms with Crippen molar-refractivity contribution >= 4 is 28.7 Å². The van der Waals surface area contributed by atoms with E-state index in [1.54, 1.807) is 6.07 Å². The number of carbonyl (C=O) groups excluding carboxylic acids is 3. The molecule has 2 amide bonds. The van der Waals surface area contributed by atoms with E-state index < -0.39 is 18.5 Å². The van der Waals surface area contributed by atoms with Crippen molar-refractivity contribution in [3.05, 3.63) is 41.6 Å². The Labute approximate surface area is 144 Å². The second kappa shape index (κ2) is 6.27. The first-order valence-electron chi connectivity index (χ1n) is 8.53. The van der Waals surface area contributed by atoms with Crippen LogP contribution in [0.15, 0.2) is 30.3 Å². The van der Waals surface area contributed by atoms with Crippen LogP contribution < -0.4 is 0 Å². The standard InChI is InChI=1S/C19H18N2O4/c22-17-6-3-9-21(17)18(23)11-25-19(24)14-10-16(12-7-8-12)20-15-5-2-1-4-13(14)15/h1-2,4-5,10,12H,3,6-9,11H2. The largest absolute Gasteiger partial charge is 0.452 e. The minimum atomic E-state index is -0.555. The Hall–Kier alpha value is -2.76. The third kappa shape index (κ3) is 3.12. The van der Waals surface area contributed by atoms with E-state index in [-0.39, 0.29) is 5.91 Å². The molecule has 4 rings (SSSR count). The molecule has 0 atom stereocenters. The van der Waals surface area contributed by atoms with Crippen molar-refractivity contribution in [2.24, 2.45) is 0 Å². The van der Waals surface area contributed by atoms with Gasteiger partial charge in [0.15, 0.2) is 6.61 Å². The van der Waals surface area contributed by atoms with Crippen LogP contribution in [0.1, 0.15) is 47.7 Å². The quantitative estimate of drug-likeness (QED) is 0.800. The van der Waals surface area contributed by atoms with Gasteiger partial charge in [-0.1, -0.05) is 18.2 Å². The molecule has 2 heterocycles. The fourth-order valence-corrected chi connectivity index (χ4v) is 3.15. The minimum absolute atomic E-state index is 0.202. The molecule has 25 heavy (non-hydrogen) atoms. The summed E-state index contributed by atoms with van der Waals surface area (Å²) in [6.07, 6.45) is 3.20. The number of para-hydroxylation sites is 1. The number of esters is 1. The summed E-state index contributed by atoms with van der Waals surface area (Å²) in [6, 6.07) is 9.18. The normalized spacial score (nSPS) is 17.1. The molecule has 1 aliphatic heterocycles. The minimum Gasteiger partial charge on any atom is -0.452 e. The topological polar surface area (TPSA) is 76.6 Å². The van der Waals surface area contributed by atoms with Crippen LogP contribution in [0.2, 0.25) is 0 Å². The second-order valence-corrected chi connectivity index (χ2v) is 6.50. The van der Waals surface area contributed by atoms with Crippen LogP contribution in [0.5, 0.6) is 0 Å². The van der Waals surface area contributed by atoms with Crippen molar-refractivity contribution in [2.75, 3.05) is 13.2 Å². The summed E-state index contributed by atoms with van der Waals surface area (Å²) in [6.45, 7) is -0.0147. The number of rotatable bonds is 4. The highest BCUT2D eigenvalue weighted by molar-refractivity contribution is 6.04. The number of likely N-dealkylation sites (tertiary alicyclic amines) is 1. The fourth-order valence-electron chi connectivity index (χ4n) is 3.15. The number of pyridine rings is 1. The molecule has 1 aromatic heterocycles. The molecule has 128 valence electrons. The van der Waals surface area contributed by atoms with Gasteiger partial charge in [0.2, 0.25) is 5.91 Å². The van der Waals surface area contributed by atoms with Gasteiger partial charge in [-0.2, -0.15) is 0 Å². The maximum absolute atomic E-state index is 12.5. The van der Waals surface area contributed by atoms with Crippen LogP contribution in [0.25, 0.3) is 10.9 Å². The Morgan fingerprint density at radius 2 is 2.04 bits per heavy atom. The maximum Gasteiger partial charge on any atom is 0.339 e. The number of hydrogen-bond donors (Lipinski definition) is 0. The Kier molecular flexibility index (Phi) is 3.95. The summed E-state index contributed by atoms with van der Waals surface area (Å²) in [5.41, 5.74) is 2.07. The van der Waals surface area contributed by atoms with Gasteiger partial charge in [-0.3, -0.25) is 19.5 Å². The molecule has 6 nitrogen and oxygen atoms in total. The molecular weight excluding hydrogens is 320 g/mol. The van der Waals surface area contributed by atoms with Crippen molar-refractivity contribution in [3.8, 4) is 0 Å². The molecule has 1 saturated heterocycles. The van der Waals surface area contributed by atoms with E-state index in [2.05, 4.69) is 4.98 Å². The Balaban J connectivity index is 1.55. The van der Waals surface area contributed by atoms with Crippen molar-refractivity contribution < 1.29 is 19.1 Å². The van der Waals surface area contributed by atoms with Gasteiger partial charge in [0.25, 0.3) is 5.91 Å². The highest BCUT2D eigenvalue weighted by atomic mass is 16.5. The number of nitrogens with zero attached hydrogens (tertiary/aromatic N) is 2. The first-order valence-corrected chi connectivity index (χ1v) is 8.53. The molecular formula is C19H18N2O4. The van der Waals surface area contributed by atoms with Gasteiger partial charge < -0.3 is 4.74 Å². The van der Waals surface area contributed by atoms with Crippen LogP contribution in [-0.2, 0) is 14.3 Å². The van der Waals surface area contributed by atoms with Crippen molar-refractivity contribution in [1.29, 1.82) is 0 Å². The highest BCUT2D eigenvalue weighted by Gasteiger charge is 2.29. The summed E-state index contributed by atoms with van der Waals surface area (Å²) in [5, 5.41) is 0.710. The summed E-state index contributed by atoms with van der Waals surface area (Å²) < 4.78 is 5.20. The van der Waals surface area contributed by atoms with E-state index in [9.17, 15) is 14.4 Å². The molecule has 0 radical (unpaired) electrons. The van der Waals surface area contributed by atoms with Crippen LogP contribution >= 0.6 is 0 Å². The van der Waals surface area contributed by atoms with Crippen LogP contribution in [0, 0.1) is 0 Å². The number of amides is 2. The first kappa shape index (κ1) is 15.7. The van der Waals surface area contributed by atoms with Crippen molar-refractivity contribution in [2.45, 2.75) is 31.6 Å². The lowest BCUT2D eigenvalue weighted by Crippen LogP contribution is -2.35. The van der Waals surface area contributed by atoms with E-state index in [0.717, 1.165) is 29.0 Å².